The summed E-state index contributed by atoms with van der Waals surface area (Å²) in [5.41, 5.74) is 20.3. The molecule has 0 amide bonds. The Labute approximate surface area is 210 Å². The summed E-state index contributed by atoms with van der Waals surface area (Å²) in [4.78, 5) is 6.78. The average Bonchev–Trinajstić information content (AvgIpc) is 3.49. The van der Waals surface area contributed by atoms with E-state index in [1.807, 2.05) is 6.07 Å². The van der Waals surface area contributed by atoms with Gasteiger partial charge < -0.3 is 16.4 Å². The van der Waals surface area contributed by atoms with Crippen LogP contribution in [-0.4, -0.2) is 38.2 Å². The fraction of sp³-hybridized carbons (Fsp3) is 0.429. The van der Waals surface area contributed by atoms with Crippen LogP contribution < -0.4 is 11.5 Å². The number of anilines is 1. The molecule has 3 heterocycles. The van der Waals surface area contributed by atoms with Gasteiger partial charge in [-0.25, -0.2) is 13.8 Å². The van der Waals surface area contributed by atoms with Crippen LogP contribution in [0.3, 0.4) is 0 Å². The number of aromatic nitrogens is 3. The van der Waals surface area contributed by atoms with Crippen molar-refractivity contribution in [1.82, 2.24) is 19.7 Å². The van der Waals surface area contributed by atoms with Gasteiger partial charge in [-0.1, -0.05) is 31.6 Å². The third-order valence-electron chi connectivity index (χ3n) is 7.79. The maximum absolute atomic E-state index is 9.62. The molecule has 2 saturated carbocycles. The summed E-state index contributed by atoms with van der Waals surface area (Å²) in [6, 6.07) is 9.44. The van der Waals surface area contributed by atoms with Crippen molar-refractivity contribution in [2.24, 2.45) is 5.73 Å². The number of hydrogen-bond acceptors (Lipinski definition) is 5. The van der Waals surface area contributed by atoms with Crippen molar-refractivity contribution < 1.29 is 8.78 Å². The van der Waals surface area contributed by atoms with E-state index in [9.17, 15) is 8.78 Å². The zero-order valence-corrected chi connectivity index (χ0v) is 21.0. The largest absolute Gasteiger partial charge is 0.383 e. The van der Waals surface area contributed by atoms with Crippen LogP contribution in [-0.2, 0) is 0 Å². The predicted molar refractivity (Wildman–Crippen MR) is 142 cm³/mol. The van der Waals surface area contributed by atoms with Crippen LogP contribution in [0.2, 0.25) is 0 Å². The van der Waals surface area contributed by atoms with Gasteiger partial charge in [-0.2, -0.15) is 5.10 Å². The van der Waals surface area contributed by atoms with E-state index in [0.29, 0.717) is 11.9 Å². The van der Waals surface area contributed by atoms with Gasteiger partial charge in [0, 0.05) is 40.8 Å². The zero-order valence-electron chi connectivity index (χ0n) is 21.0. The van der Waals surface area contributed by atoms with Gasteiger partial charge in [-0.05, 0) is 62.8 Å². The first-order valence-electron chi connectivity index (χ1n) is 12.6. The van der Waals surface area contributed by atoms with E-state index in [4.69, 9.17) is 16.6 Å². The number of allylic oxidation sites excluding steroid dienone is 1. The second-order valence-corrected chi connectivity index (χ2v) is 10.6. The Morgan fingerprint density at radius 3 is 2.47 bits per heavy atom. The molecule has 0 atom stereocenters. The minimum absolute atomic E-state index is 0.126. The molecule has 2 aliphatic carbocycles. The highest BCUT2D eigenvalue weighted by molar-refractivity contribution is 6.01. The van der Waals surface area contributed by atoms with Gasteiger partial charge in [-0.3, -0.25) is 4.68 Å². The molecule has 8 heteroatoms. The number of rotatable bonds is 3. The normalized spacial score (nSPS) is 23.7. The average molecular weight is 493 g/mol. The number of alkyl halides is 2. The van der Waals surface area contributed by atoms with Gasteiger partial charge in [0.2, 0.25) is 6.93 Å². The smallest absolute Gasteiger partial charge is 0.229 e. The Balaban J connectivity index is 0.000000848. The molecule has 3 aromatic rings. The number of nitrogen functional groups attached to an aromatic ring is 1. The maximum atomic E-state index is 9.62. The summed E-state index contributed by atoms with van der Waals surface area (Å²) >= 11 is 0. The number of hydrogen-bond donors (Lipinski definition) is 2. The topological polar surface area (TPSA) is 86.0 Å². The summed E-state index contributed by atoms with van der Waals surface area (Å²) in [6.45, 7) is 7.06. The first kappa shape index (κ1) is 24.4. The number of pyridine rings is 1. The Morgan fingerprint density at radius 2 is 1.81 bits per heavy atom. The molecule has 36 heavy (non-hydrogen) atoms. The molecule has 1 aromatic carbocycles. The number of nitrogens with two attached hydrogens (primary N) is 2. The van der Waals surface area contributed by atoms with E-state index in [1.54, 1.807) is 6.20 Å². The van der Waals surface area contributed by atoms with E-state index in [-0.39, 0.29) is 11.6 Å². The van der Waals surface area contributed by atoms with Crippen molar-refractivity contribution in [2.45, 2.75) is 70.0 Å². The van der Waals surface area contributed by atoms with E-state index in [2.05, 4.69) is 59.4 Å². The molecule has 0 bridgehead atoms. The van der Waals surface area contributed by atoms with E-state index in [0.717, 1.165) is 40.7 Å². The van der Waals surface area contributed by atoms with Crippen molar-refractivity contribution in [1.29, 1.82) is 0 Å². The molecule has 4 N–H and O–H groups in total. The number of benzene rings is 1. The summed E-state index contributed by atoms with van der Waals surface area (Å²) in [5.74, 6) is 0.517. The van der Waals surface area contributed by atoms with E-state index >= 15 is 0 Å². The fourth-order valence-corrected chi connectivity index (χ4v) is 6.06. The highest BCUT2D eigenvalue weighted by atomic mass is 19.3. The molecule has 1 aliphatic heterocycles. The summed E-state index contributed by atoms with van der Waals surface area (Å²) in [7, 11) is 0. The fourth-order valence-electron chi connectivity index (χ4n) is 6.06. The third kappa shape index (κ3) is 4.17. The molecule has 190 valence electrons. The molecule has 6 nitrogen and oxygen atoms in total. The molecule has 2 aromatic heterocycles. The molecule has 0 radical (unpaired) electrons. The zero-order chi connectivity index (χ0) is 25.6. The minimum atomic E-state index is -1.75. The van der Waals surface area contributed by atoms with Gasteiger partial charge in [0.05, 0.1) is 16.9 Å². The van der Waals surface area contributed by atoms with Crippen LogP contribution in [0.4, 0.5) is 14.6 Å². The number of fused-ring (bicyclic) bond motifs is 2. The van der Waals surface area contributed by atoms with Crippen LogP contribution >= 0.6 is 0 Å². The molecule has 6 rings (SSSR count). The first-order valence-corrected chi connectivity index (χ1v) is 12.6. The Hall–Kier alpha value is -3.26. The highest BCUT2D eigenvalue weighted by Crippen LogP contribution is 2.44. The quantitative estimate of drug-likeness (QED) is 0.454. The van der Waals surface area contributed by atoms with Crippen molar-refractivity contribution in [3.05, 3.63) is 54.4 Å². The lowest BCUT2D eigenvalue weighted by Crippen LogP contribution is -2.49. The van der Waals surface area contributed by atoms with Crippen molar-refractivity contribution in [2.75, 3.05) is 12.7 Å². The summed E-state index contributed by atoms with van der Waals surface area (Å²) < 4.78 is 21.4. The van der Waals surface area contributed by atoms with Gasteiger partial charge in [0.15, 0.2) is 0 Å². The Morgan fingerprint density at radius 1 is 1.11 bits per heavy atom. The molecule has 3 aliphatic rings. The first-order chi connectivity index (χ1) is 17.2. The minimum Gasteiger partial charge on any atom is -0.383 e. The monoisotopic (exact) mass is 492 g/mol. The van der Waals surface area contributed by atoms with Gasteiger partial charge in [-0.15, -0.1) is 0 Å². The van der Waals surface area contributed by atoms with Gasteiger partial charge in [0.1, 0.15) is 11.5 Å². The Bertz CT molecular complexity index is 1330. The highest BCUT2D eigenvalue weighted by Gasteiger charge is 2.39. The lowest BCUT2D eigenvalue weighted by molar-refractivity contribution is 0.164. The number of nitrogens with zero attached hydrogens (tertiary/aromatic N) is 4. The van der Waals surface area contributed by atoms with Crippen LogP contribution in [0.1, 0.15) is 69.5 Å². The molecule has 2 fully saturated rings. The Kier molecular flexibility index (Phi) is 6.32. The molecular formula is C28H34F2N6. The van der Waals surface area contributed by atoms with Crippen LogP contribution in [0, 0.1) is 0 Å². The van der Waals surface area contributed by atoms with Crippen molar-refractivity contribution in [3.8, 4) is 11.3 Å². The molecule has 0 saturated heterocycles. The summed E-state index contributed by atoms with van der Waals surface area (Å²) in [5, 5.41) is 6.00. The lowest BCUT2D eigenvalue weighted by atomic mass is 9.75. The maximum Gasteiger partial charge on any atom is 0.229 e. The SMILES string of the molecule is C=C1c2cc(-c3nn(C4CC(C)(N)C4)c4ccnc(N)c34)ccc2C(C)=CN1C1CCCC1.FCF. The van der Waals surface area contributed by atoms with Crippen molar-refractivity contribution in [3.63, 3.8) is 0 Å². The van der Waals surface area contributed by atoms with Gasteiger partial charge >= 0.3 is 0 Å². The lowest BCUT2D eigenvalue weighted by Gasteiger charge is -2.42. The molecule has 0 unspecified atom stereocenters. The second-order valence-electron chi connectivity index (χ2n) is 10.6. The van der Waals surface area contributed by atoms with Crippen LogP contribution in [0.5, 0.6) is 0 Å². The molecule has 0 spiro atoms. The third-order valence-corrected chi connectivity index (χ3v) is 7.79. The predicted octanol–water partition coefficient (Wildman–Crippen LogP) is 6.21. The molecular weight excluding hydrogens is 458 g/mol. The van der Waals surface area contributed by atoms with Crippen molar-refractivity contribution >= 4 is 28.0 Å². The van der Waals surface area contributed by atoms with Crippen LogP contribution in [0.25, 0.3) is 33.4 Å². The van der Waals surface area contributed by atoms with E-state index in [1.165, 1.54) is 42.4 Å². The van der Waals surface area contributed by atoms with E-state index < -0.39 is 6.93 Å². The number of halogens is 2. The standard InChI is InChI=1S/C27H32N6.CH2F2/c1-16-15-32(19-6-4-5-7-19)17(2)22-12-18(8-9-21(16)22)25-24-23(10-11-30-26(24)28)33(31-25)20-13-27(3,29)14-20;2-1-3/h8-12,15,19-20H,2,4-7,13-14,29H2,1,3H3,(H2,28,30);1H2. The summed E-state index contributed by atoms with van der Waals surface area (Å²) in [6.07, 6.45) is 10.9. The van der Waals surface area contributed by atoms with Crippen LogP contribution in [0.15, 0.2) is 43.2 Å². The van der Waals surface area contributed by atoms with Gasteiger partial charge in [0.25, 0.3) is 0 Å². The second kappa shape index (κ2) is 9.32.